The van der Waals surface area contributed by atoms with Gasteiger partial charge in [-0.2, -0.15) is 0 Å². The van der Waals surface area contributed by atoms with Crippen molar-refractivity contribution in [3.8, 4) is 0 Å². The molecule has 0 saturated carbocycles. The summed E-state index contributed by atoms with van der Waals surface area (Å²) in [5.41, 5.74) is 5.96. The number of nitrogens with one attached hydrogen (secondary N) is 1. The van der Waals surface area contributed by atoms with Crippen LogP contribution in [0.3, 0.4) is 0 Å². The second kappa shape index (κ2) is 2.77. The first-order chi connectivity index (χ1) is 6.16. The Morgan fingerprint density at radius 1 is 1.23 bits per heavy atom. The summed E-state index contributed by atoms with van der Waals surface area (Å²) in [5, 5.41) is 3.26. The Morgan fingerprint density at radius 2 is 2.00 bits per heavy atom. The second-order valence-corrected chi connectivity index (χ2v) is 3.53. The van der Waals surface area contributed by atoms with E-state index in [1.54, 1.807) is 0 Å². The zero-order valence-corrected chi connectivity index (χ0v) is 8.02. The maximum atomic E-state index is 3.91. The van der Waals surface area contributed by atoms with Crippen LogP contribution in [0.15, 0.2) is 36.6 Å². The van der Waals surface area contributed by atoms with Crippen molar-refractivity contribution in [2.75, 3.05) is 5.32 Å². The number of hydrogen-bond acceptors (Lipinski definition) is 1. The van der Waals surface area contributed by atoms with Crippen LogP contribution in [0.1, 0.15) is 18.1 Å². The Hall–Kier alpha value is -1.50. The normalized spacial score (nSPS) is 14.6. The second-order valence-electron chi connectivity index (χ2n) is 3.53. The van der Waals surface area contributed by atoms with Gasteiger partial charge in [-0.3, -0.25) is 0 Å². The highest BCUT2D eigenvalue weighted by Crippen LogP contribution is 2.30. The molecule has 0 aliphatic carbocycles. The highest BCUT2D eigenvalue weighted by Gasteiger charge is 2.09. The number of hydrogen-bond donors (Lipinski definition) is 1. The predicted octanol–water partition coefficient (Wildman–Crippen LogP) is 3.34. The third kappa shape index (κ3) is 1.37. The Morgan fingerprint density at radius 3 is 2.77 bits per heavy atom. The quantitative estimate of drug-likeness (QED) is 0.631. The van der Waals surface area contributed by atoms with Gasteiger partial charge in [0.05, 0.1) is 0 Å². The van der Waals surface area contributed by atoms with Crippen molar-refractivity contribution in [1.82, 2.24) is 0 Å². The minimum absolute atomic E-state index is 0.968. The molecule has 13 heavy (non-hydrogen) atoms. The summed E-state index contributed by atoms with van der Waals surface area (Å²) in [4.78, 5) is 0. The monoisotopic (exact) mass is 171 g/mol. The zero-order valence-electron chi connectivity index (χ0n) is 8.02. The van der Waals surface area contributed by atoms with Gasteiger partial charge in [0, 0.05) is 16.9 Å². The molecule has 1 aliphatic heterocycles. The van der Waals surface area contributed by atoms with E-state index >= 15 is 0 Å². The maximum absolute atomic E-state index is 3.91. The van der Waals surface area contributed by atoms with E-state index in [-0.39, 0.29) is 0 Å². The molecular formula is C12H13N. The number of aryl methyl sites for hydroxylation is 1. The molecule has 1 N–H and O–H groups in total. The smallest absolute Gasteiger partial charge is 0.0463 e. The first kappa shape index (κ1) is 8.11. The third-order valence-electron chi connectivity index (χ3n) is 2.29. The van der Waals surface area contributed by atoms with Crippen LogP contribution in [0.5, 0.6) is 0 Å². The molecule has 1 aliphatic rings. The Bertz CT molecular complexity index is 400. The van der Waals surface area contributed by atoms with Crippen molar-refractivity contribution in [3.63, 3.8) is 0 Å². The molecule has 2 rings (SSSR count). The van der Waals surface area contributed by atoms with E-state index in [1.165, 1.54) is 22.4 Å². The molecule has 0 atom stereocenters. The lowest BCUT2D eigenvalue weighted by atomic mass is 9.99. The van der Waals surface area contributed by atoms with E-state index in [0.29, 0.717) is 0 Å². The molecule has 66 valence electrons. The number of allylic oxidation sites excluding steroid dienone is 2. The average molecular weight is 171 g/mol. The van der Waals surface area contributed by atoms with E-state index in [0.717, 1.165) is 5.70 Å². The minimum atomic E-state index is 0.968. The summed E-state index contributed by atoms with van der Waals surface area (Å²) in [6, 6.07) is 6.43. The summed E-state index contributed by atoms with van der Waals surface area (Å²) in [6.45, 7) is 8.11. The third-order valence-corrected chi connectivity index (χ3v) is 2.29. The molecule has 1 heterocycles. The summed E-state index contributed by atoms with van der Waals surface area (Å²) in [5.74, 6) is 0. The van der Waals surface area contributed by atoms with E-state index in [9.17, 15) is 0 Å². The van der Waals surface area contributed by atoms with Gasteiger partial charge in [0.25, 0.3) is 0 Å². The van der Waals surface area contributed by atoms with Crippen LogP contribution in [0.2, 0.25) is 0 Å². The molecule has 0 spiro atoms. The van der Waals surface area contributed by atoms with Crippen molar-refractivity contribution in [1.29, 1.82) is 0 Å². The van der Waals surface area contributed by atoms with Gasteiger partial charge in [0.1, 0.15) is 0 Å². The molecular weight excluding hydrogens is 158 g/mol. The fourth-order valence-corrected chi connectivity index (χ4v) is 1.65. The first-order valence-corrected chi connectivity index (χ1v) is 4.42. The van der Waals surface area contributed by atoms with Gasteiger partial charge in [-0.25, -0.2) is 0 Å². The topological polar surface area (TPSA) is 12.0 Å². The average Bonchev–Trinajstić information content (AvgIpc) is 2.02. The summed E-state index contributed by atoms with van der Waals surface area (Å²) in [7, 11) is 0. The fraction of sp³-hybridized carbons (Fsp3) is 0.167. The van der Waals surface area contributed by atoms with Crippen molar-refractivity contribution in [2.24, 2.45) is 0 Å². The van der Waals surface area contributed by atoms with E-state index < -0.39 is 0 Å². The minimum Gasteiger partial charge on any atom is -0.355 e. The largest absolute Gasteiger partial charge is 0.355 e. The number of anilines is 1. The van der Waals surface area contributed by atoms with Gasteiger partial charge >= 0.3 is 0 Å². The SMILES string of the molecule is C=C1C=C(C)c2ccc(C)cc2N1. The predicted molar refractivity (Wildman–Crippen MR) is 57.6 cm³/mol. The maximum Gasteiger partial charge on any atom is 0.0463 e. The fourth-order valence-electron chi connectivity index (χ4n) is 1.65. The lowest BCUT2D eigenvalue weighted by molar-refractivity contribution is 1.37. The summed E-state index contributed by atoms with van der Waals surface area (Å²) < 4.78 is 0. The van der Waals surface area contributed by atoms with Crippen LogP contribution in [0.25, 0.3) is 5.57 Å². The van der Waals surface area contributed by atoms with Gasteiger partial charge in [0.2, 0.25) is 0 Å². The Labute approximate surface area is 78.8 Å². The van der Waals surface area contributed by atoms with Crippen LogP contribution in [-0.2, 0) is 0 Å². The van der Waals surface area contributed by atoms with Crippen molar-refractivity contribution in [2.45, 2.75) is 13.8 Å². The molecule has 1 aromatic carbocycles. The van der Waals surface area contributed by atoms with Gasteiger partial charge in [-0.1, -0.05) is 18.7 Å². The van der Waals surface area contributed by atoms with Crippen LogP contribution in [0.4, 0.5) is 5.69 Å². The van der Waals surface area contributed by atoms with E-state index in [4.69, 9.17) is 0 Å². The zero-order chi connectivity index (χ0) is 9.42. The van der Waals surface area contributed by atoms with Crippen molar-refractivity contribution < 1.29 is 0 Å². The molecule has 0 radical (unpaired) electrons. The van der Waals surface area contributed by atoms with E-state index in [2.05, 4.69) is 50.0 Å². The number of benzene rings is 1. The van der Waals surface area contributed by atoms with Gasteiger partial charge in [0.15, 0.2) is 0 Å². The molecule has 0 unspecified atom stereocenters. The molecule has 0 aromatic heterocycles. The number of rotatable bonds is 0. The summed E-state index contributed by atoms with van der Waals surface area (Å²) >= 11 is 0. The van der Waals surface area contributed by atoms with Gasteiger partial charge in [-0.05, 0) is 37.1 Å². The van der Waals surface area contributed by atoms with Crippen LogP contribution < -0.4 is 5.32 Å². The van der Waals surface area contributed by atoms with Crippen LogP contribution in [0, 0.1) is 6.92 Å². The lowest BCUT2D eigenvalue weighted by Gasteiger charge is -2.18. The highest BCUT2D eigenvalue weighted by molar-refractivity contribution is 5.82. The standard InChI is InChI=1S/C12H13N/c1-8-4-5-11-9(2)7-10(3)13-12(11)6-8/h4-7,13H,3H2,1-2H3. The first-order valence-electron chi connectivity index (χ1n) is 4.42. The molecule has 0 amide bonds. The van der Waals surface area contributed by atoms with Crippen molar-refractivity contribution >= 4 is 11.3 Å². The molecule has 1 aromatic rings. The van der Waals surface area contributed by atoms with Crippen LogP contribution >= 0.6 is 0 Å². The molecule has 1 heteroatoms. The van der Waals surface area contributed by atoms with E-state index in [1.807, 2.05) is 0 Å². The van der Waals surface area contributed by atoms with Gasteiger partial charge in [-0.15, -0.1) is 0 Å². The summed E-state index contributed by atoms with van der Waals surface area (Å²) in [6.07, 6.45) is 2.07. The molecule has 1 nitrogen and oxygen atoms in total. The Kier molecular flexibility index (Phi) is 1.73. The molecule has 0 saturated heterocycles. The number of fused-ring (bicyclic) bond motifs is 1. The Balaban J connectivity index is 2.60. The lowest BCUT2D eigenvalue weighted by Crippen LogP contribution is -2.04. The van der Waals surface area contributed by atoms with Crippen LogP contribution in [-0.4, -0.2) is 0 Å². The van der Waals surface area contributed by atoms with Crippen molar-refractivity contribution in [3.05, 3.63) is 47.7 Å². The highest BCUT2D eigenvalue weighted by atomic mass is 14.9. The molecule has 0 fully saturated rings. The molecule has 0 bridgehead atoms. The van der Waals surface area contributed by atoms with Gasteiger partial charge < -0.3 is 5.32 Å².